The highest BCUT2D eigenvalue weighted by atomic mass is 32.1. The van der Waals surface area contributed by atoms with Gasteiger partial charge in [0.05, 0.1) is 0 Å². The van der Waals surface area contributed by atoms with E-state index < -0.39 is 5.60 Å². The van der Waals surface area contributed by atoms with Gasteiger partial charge in [0.25, 0.3) is 0 Å². The second kappa shape index (κ2) is 9.84. The van der Waals surface area contributed by atoms with Gasteiger partial charge < -0.3 is 10.1 Å². The van der Waals surface area contributed by atoms with Gasteiger partial charge >= 0.3 is 0 Å². The van der Waals surface area contributed by atoms with Crippen LogP contribution in [0, 0.1) is 34.0 Å². The average molecular weight is 439 g/mol. The Bertz CT molecular complexity index is 1240. The van der Waals surface area contributed by atoms with Crippen molar-refractivity contribution < 1.29 is 4.74 Å². The van der Waals surface area contributed by atoms with Crippen molar-refractivity contribution in [1.82, 2.24) is 0 Å². The Morgan fingerprint density at radius 2 is 1.59 bits per heavy atom. The molecule has 6 heteroatoms. The molecule has 1 aliphatic heterocycles. The number of rotatable bonds is 6. The van der Waals surface area contributed by atoms with Crippen LogP contribution in [0.3, 0.4) is 0 Å². The molecule has 0 aliphatic carbocycles. The van der Waals surface area contributed by atoms with E-state index in [1.807, 2.05) is 38.1 Å². The summed E-state index contributed by atoms with van der Waals surface area (Å²) in [5.74, 6) is 0.0529. The molecule has 5 nitrogen and oxygen atoms in total. The molecule has 0 amide bonds. The molecule has 0 spiro atoms. The predicted octanol–water partition coefficient (Wildman–Crippen LogP) is 6.29. The fraction of sp³-hybridized carbons (Fsp3) is 0.192. The third-order valence-corrected chi connectivity index (χ3v) is 5.87. The maximum Gasteiger partial charge on any atom is 0.172 e. The Morgan fingerprint density at radius 3 is 2.16 bits per heavy atom. The van der Waals surface area contributed by atoms with Crippen LogP contribution in [0.25, 0.3) is 18.2 Å². The van der Waals surface area contributed by atoms with Crippen LogP contribution in [0.2, 0.25) is 0 Å². The number of anilines is 1. The number of benzene rings is 1. The molecule has 1 aromatic carbocycles. The Hall–Kier alpha value is -4.05. The van der Waals surface area contributed by atoms with Crippen LogP contribution in [-0.4, -0.2) is 12.1 Å². The molecule has 158 valence electrons. The van der Waals surface area contributed by atoms with Crippen molar-refractivity contribution in [1.29, 1.82) is 15.8 Å². The Kier molecular flexibility index (Phi) is 6.96. The summed E-state index contributed by atoms with van der Waals surface area (Å²) in [5.41, 5.74) is 2.09. The second-order valence-corrected chi connectivity index (χ2v) is 8.65. The first-order valence-corrected chi connectivity index (χ1v) is 10.9. The van der Waals surface area contributed by atoms with E-state index in [-0.39, 0.29) is 16.9 Å². The summed E-state index contributed by atoms with van der Waals surface area (Å²) in [4.78, 5) is 2.12. The number of hydrogen-bond acceptors (Lipinski definition) is 6. The molecular formula is C26H22N4OS. The number of nitrogens with zero attached hydrogens (tertiary/aromatic N) is 3. The first-order chi connectivity index (χ1) is 15.4. The Morgan fingerprint density at radius 1 is 0.969 bits per heavy atom. The van der Waals surface area contributed by atoms with Crippen LogP contribution >= 0.6 is 11.3 Å². The number of nitriles is 3. The van der Waals surface area contributed by atoms with Gasteiger partial charge in [0.2, 0.25) is 0 Å². The van der Waals surface area contributed by atoms with Crippen molar-refractivity contribution in [3.05, 3.63) is 80.3 Å². The summed E-state index contributed by atoms with van der Waals surface area (Å²) in [5, 5.41) is 31.2. The van der Waals surface area contributed by atoms with Gasteiger partial charge in [-0.05, 0) is 62.8 Å². The maximum atomic E-state index is 9.62. The first kappa shape index (κ1) is 22.6. The lowest BCUT2D eigenvalue weighted by Crippen LogP contribution is -2.20. The largest absolute Gasteiger partial charge is 0.480 e. The minimum atomic E-state index is -0.811. The van der Waals surface area contributed by atoms with Crippen molar-refractivity contribution in [3.63, 3.8) is 0 Å². The zero-order chi connectivity index (χ0) is 23.1. The van der Waals surface area contributed by atoms with E-state index in [2.05, 4.69) is 54.7 Å². The molecule has 1 aliphatic rings. The Labute approximate surface area is 192 Å². The van der Waals surface area contributed by atoms with Crippen LogP contribution in [0.15, 0.2) is 65.0 Å². The third kappa shape index (κ3) is 4.98. The van der Waals surface area contributed by atoms with E-state index in [9.17, 15) is 5.26 Å². The standard InChI is InChI=1S/C26H22N4OS/c1-4-30-20-8-5-18(6-9-20)7-10-21-11-12-22(32-21)13-14-24-23(17-29)25(19(15-27)16-28)31-26(24,2)3/h5-14,30H,4H2,1-3H3/b10-7+,14-13+. The second-order valence-electron chi connectivity index (χ2n) is 7.50. The quantitative estimate of drug-likeness (QED) is 0.535. The van der Waals surface area contributed by atoms with Crippen LogP contribution in [0.1, 0.15) is 36.1 Å². The maximum absolute atomic E-state index is 9.62. The van der Waals surface area contributed by atoms with Gasteiger partial charge in [-0.3, -0.25) is 0 Å². The smallest absolute Gasteiger partial charge is 0.172 e. The number of allylic oxidation sites excluding steroid dienone is 2. The van der Waals surface area contributed by atoms with Gasteiger partial charge in [0, 0.05) is 27.6 Å². The Balaban J connectivity index is 1.81. The van der Waals surface area contributed by atoms with Crippen molar-refractivity contribution in [3.8, 4) is 18.2 Å². The van der Waals surface area contributed by atoms with Crippen LogP contribution in [0.5, 0.6) is 0 Å². The summed E-state index contributed by atoms with van der Waals surface area (Å²) in [6, 6.07) is 18.0. The molecule has 0 unspecified atom stereocenters. The van der Waals surface area contributed by atoms with Crippen LogP contribution in [-0.2, 0) is 4.74 Å². The normalized spacial score (nSPS) is 14.8. The van der Waals surface area contributed by atoms with Gasteiger partial charge in [0.15, 0.2) is 11.3 Å². The highest BCUT2D eigenvalue weighted by Gasteiger charge is 2.38. The molecule has 0 saturated heterocycles. The number of nitrogens with one attached hydrogen (secondary N) is 1. The molecule has 0 saturated carbocycles. The highest BCUT2D eigenvalue weighted by Crippen LogP contribution is 2.40. The summed E-state index contributed by atoms with van der Waals surface area (Å²) in [7, 11) is 0. The van der Waals surface area contributed by atoms with E-state index in [0.29, 0.717) is 5.57 Å². The van der Waals surface area contributed by atoms with Crippen molar-refractivity contribution >= 4 is 35.3 Å². The lowest BCUT2D eigenvalue weighted by atomic mass is 9.94. The van der Waals surface area contributed by atoms with Crippen LogP contribution < -0.4 is 5.32 Å². The SMILES string of the molecule is CCNc1ccc(/C=C/c2ccc(/C=C/C3=C(C#N)C(=C(C#N)C#N)OC3(C)C)s2)cc1. The van der Waals surface area contributed by atoms with Gasteiger partial charge in [-0.1, -0.05) is 24.3 Å². The topological polar surface area (TPSA) is 92.6 Å². The summed E-state index contributed by atoms with van der Waals surface area (Å²) in [6.45, 7) is 6.59. The van der Waals surface area contributed by atoms with E-state index in [1.165, 1.54) is 0 Å². The molecule has 0 bridgehead atoms. The lowest BCUT2D eigenvalue weighted by molar-refractivity contribution is 0.0954. The number of ether oxygens (including phenoxy) is 1. The van der Waals surface area contributed by atoms with Crippen molar-refractivity contribution in [2.75, 3.05) is 11.9 Å². The van der Waals surface area contributed by atoms with E-state index in [0.717, 1.165) is 27.5 Å². The van der Waals surface area contributed by atoms with Gasteiger partial charge in [-0.2, -0.15) is 15.8 Å². The summed E-state index contributed by atoms with van der Waals surface area (Å²) in [6.07, 6.45) is 7.89. The minimum absolute atomic E-state index is 0.0529. The first-order valence-electron chi connectivity index (χ1n) is 10.1. The molecule has 2 heterocycles. The van der Waals surface area contributed by atoms with Crippen molar-refractivity contribution in [2.24, 2.45) is 0 Å². The summed E-state index contributed by atoms with van der Waals surface area (Å²) >= 11 is 1.62. The molecular weight excluding hydrogens is 416 g/mol. The van der Waals surface area contributed by atoms with E-state index >= 15 is 0 Å². The van der Waals surface area contributed by atoms with E-state index in [1.54, 1.807) is 23.5 Å². The average Bonchev–Trinajstić information content (AvgIpc) is 3.34. The number of thiophene rings is 1. The third-order valence-electron chi connectivity index (χ3n) is 4.86. The van der Waals surface area contributed by atoms with E-state index in [4.69, 9.17) is 15.3 Å². The highest BCUT2D eigenvalue weighted by molar-refractivity contribution is 7.13. The molecule has 0 fully saturated rings. The van der Waals surface area contributed by atoms with Crippen molar-refractivity contribution in [2.45, 2.75) is 26.4 Å². The molecule has 1 aromatic heterocycles. The molecule has 3 rings (SSSR count). The lowest BCUT2D eigenvalue weighted by Gasteiger charge is -2.20. The molecule has 0 radical (unpaired) electrons. The van der Waals surface area contributed by atoms with Gasteiger partial charge in [-0.25, -0.2) is 0 Å². The molecule has 2 aromatic rings. The van der Waals surface area contributed by atoms with Gasteiger partial charge in [-0.15, -0.1) is 11.3 Å². The predicted molar refractivity (Wildman–Crippen MR) is 129 cm³/mol. The fourth-order valence-corrected chi connectivity index (χ4v) is 4.11. The minimum Gasteiger partial charge on any atom is -0.480 e. The number of hydrogen-bond donors (Lipinski definition) is 1. The zero-order valence-corrected chi connectivity index (χ0v) is 19.0. The van der Waals surface area contributed by atoms with Gasteiger partial charge in [0.1, 0.15) is 29.4 Å². The summed E-state index contributed by atoms with van der Waals surface area (Å²) < 4.78 is 5.79. The van der Waals surface area contributed by atoms with Crippen LogP contribution in [0.4, 0.5) is 5.69 Å². The molecule has 1 N–H and O–H groups in total. The fourth-order valence-electron chi connectivity index (χ4n) is 3.29. The molecule has 0 atom stereocenters. The monoisotopic (exact) mass is 438 g/mol. The molecule has 32 heavy (non-hydrogen) atoms. The zero-order valence-electron chi connectivity index (χ0n) is 18.1.